The maximum absolute atomic E-state index is 13.4. The topological polar surface area (TPSA) is 58.8 Å². The zero-order valence-electron chi connectivity index (χ0n) is 18.1. The van der Waals surface area contributed by atoms with Crippen molar-refractivity contribution in [1.29, 1.82) is 0 Å². The summed E-state index contributed by atoms with van der Waals surface area (Å²) in [5.41, 5.74) is 2.21. The van der Waals surface area contributed by atoms with Crippen LogP contribution in [0.4, 0.5) is 10.3 Å². The fraction of sp³-hybridized carbons (Fsp3) is 0.545. The predicted molar refractivity (Wildman–Crippen MR) is 112 cm³/mol. The maximum Gasteiger partial charge on any atom is 0.232 e. The molecule has 6 nitrogen and oxygen atoms in total. The molecule has 0 aliphatic carbocycles. The summed E-state index contributed by atoms with van der Waals surface area (Å²) in [4.78, 5) is 16.7. The Hall–Kier alpha value is -2.41. The second-order valence-corrected chi connectivity index (χ2v) is 7.40. The Morgan fingerprint density at radius 1 is 1.21 bits per heavy atom. The van der Waals surface area contributed by atoms with Crippen LogP contribution in [-0.4, -0.2) is 49.3 Å². The largest absolute Gasteiger partial charge is 0.383 e. The Labute approximate surface area is 172 Å². The van der Waals surface area contributed by atoms with Gasteiger partial charge in [0, 0.05) is 38.7 Å². The number of aromatic nitrogens is 1. The van der Waals surface area contributed by atoms with E-state index in [4.69, 9.17) is 9.26 Å². The molecule has 1 heterocycles. The van der Waals surface area contributed by atoms with Crippen LogP contribution in [0.5, 0.6) is 0 Å². The van der Waals surface area contributed by atoms with Crippen LogP contribution in [0.3, 0.4) is 0 Å². The molecule has 0 aliphatic rings. The molecule has 0 saturated heterocycles. The van der Waals surface area contributed by atoms with Crippen molar-refractivity contribution < 1.29 is 18.4 Å². The molecule has 7 heteroatoms. The first-order chi connectivity index (χ1) is 13.9. The van der Waals surface area contributed by atoms with Gasteiger partial charge in [-0.25, -0.2) is 4.39 Å². The molecule has 0 radical (unpaired) electrons. The van der Waals surface area contributed by atoms with Crippen LogP contribution in [0.1, 0.15) is 39.7 Å². The molecule has 0 N–H and O–H groups in total. The van der Waals surface area contributed by atoms with Gasteiger partial charge in [0.15, 0.2) is 0 Å². The van der Waals surface area contributed by atoms with E-state index in [0.717, 1.165) is 24.2 Å². The second-order valence-electron chi connectivity index (χ2n) is 7.40. The molecule has 0 unspecified atom stereocenters. The summed E-state index contributed by atoms with van der Waals surface area (Å²) in [7, 11) is 1.62. The number of nitrogens with zero attached hydrogens (tertiary/aromatic N) is 3. The van der Waals surface area contributed by atoms with Crippen LogP contribution in [0.15, 0.2) is 28.8 Å². The molecule has 160 valence electrons. The van der Waals surface area contributed by atoms with Crippen molar-refractivity contribution >= 4 is 11.8 Å². The number of anilines is 1. The Morgan fingerprint density at radius 2 is 1.86 bits per heavy atom. The van der Waals surface area contributed by atoms with Crippen LogP contribution >= 0.6 is 0 Å². The predicted octanol–water partition coefficient (Wildman–Crippen LogP) is 4.35. The summed E-state index contributed by atoms with van der Waals surface area (Å²) in [6, 6.07) is 6.16. The summed E-state index contributed by atoms with van der Waals surface area (Å²) >= 11 is 0. The van der Waals surface area contributed by atoms with E-state index in [9.17, 15) is 9.18 Å². The normalized spacial score (nSPS) is 11.1. The number of carbonyl (C=O) groups excluding carboxylic acids is 1. The lowest BCUT2D eigenvalue weighted by atomic mass is 10.1. The van der Waals surface area contributed by atoms with Gasteiger partial charge in [0.1, 0.15) is 11.5 Å². The van der Waals surface area contributed by atoms with E-state index in [1.54, 1.807) is 24.1 Å². The summed E-state index contributed by atoms with van der Waals surface area (Å²) in [6.45, 7) is 10.9. The van der Waals surface area contributed by atoms with E-state index in [1.807, 2.05) is 27.7 Å². The van der Waals surface area contributed by atoms with Crippen LogP contribution < -0.4 is 4.90 Å². The highest BCUT2D eigenvalue weighted by atomic mass is 19.1. The minimum atomic E-state index is -0.309. The Morgan fingerprint density at radius 3 is 2.41 bits per heavy atom. The fourth-order valence-corrected chi connectivity index (χ4v) is 3.20. The standard InChI is InChI=1S/C22H32FN3O3/c1-6-25(7-2)22-19(15-26(12-13-28-5)20(27)14-16(3)4)21(24-29-22)17-8-10-18(23)11-9-17/h8-11,16H,6-7,12-15H2,1-5H3. The quantitative estimate of drug-likeness (QED) is 0.556. The van der Waals surface area contributed by atoms with E-state index in [2.05, 4.69) is 10.1 Å². The van der Waals surface area contributed by atoms with Gasteiger partial charge in [-0.2, -0.15) is 0 Å². The molecule has 0 saturated carbocycles. The molecule has 0 bridgehead atoms. The zero-order valence-corrected chi connectivity index (χ0v) is 18.1. The van der Waals surface area contributed by atoms with Crippen LogP contribution in [0.25, 0.3) is 11.3 Å². The monoisotopic (exact) mass is 405 g/mol. The average molecular weight is 406 g/mol. The molecular weight excluding hydrogens is 373 g/mol. The minimum Gasteiger partial charge on any atom is -0.383 e. The van der Waals surface area contributed by atoms with Gasteiger partial charge < -0.3 is 19.1 Å². The SMILES string of the molecule is CCN(CC)c1onc(-c2ccc(F)cc2)c1CN(CCOC)C(=O)CC(C)C. The highest BCUT2D eigenvalue weighted by Crippen LogP contribution is 2.33. The van der Waals surface area contributed by atoms with Crippen molar-refractivity contribution in [1.82, 2.24) is 10.1 Å². The number of carbonyl (C=O) groups is 1. The third-order valence-corrected chi connectivity index (χ3v) is 4.79. The lowest BCUT2D eigenvalue weighted by molar-refractivity contribution is -0.133. The molecule has 0 spiro atoms. The molecule has 29 heavy (non-hydrogen) atoms. The lowest BCUT2D eigenvalue weighted by Gasteiger charge is -2.25. The number of rotatable bonds is 11. The van der Waals surface area contributed by atoms with Gasteiger partial charge in [0.25, 0.3) is 0 Å². The summed E-state index contributed by atoms with van der Waals surface area (Å²) < 4.78 is 24.3. The molecule has 2 aromatic rings. The van der Waals surface area contributed by atoms with Gasteiger partial charge in [-0.1, -0.05) is 19.0 Å². The first-order valence-corrected chi connectivity index (χ1v) is 10.2. The third kappa shape index (κ3) is 6.03. The molecule has 0 aliphatic heterocycles. The van der Waals surface area contributed by atoms with Crippen LogP contribution in [0, 0.1) is 11.7 Å². The van der Waals surface area contributed by atoms with Gasteiger partial charge in [-0.15, -0.1) is 0 Å². The number of hydrogen-bond acceptors (Lipinski definition) is 5. The van der Waals surface area contributed by atoms with Crippen molar-refractivity contribution in [3.05, 3.63) is 35.6 Å². The van der Waals surface area contributed by atoms with Crippen molar-refractivity contribution in [2.24, 2.45) is 5.92 Å². The summed E-state index contributed by atoms with van der Waals surface area (Å²) in [5.74, 6) is 0.660. The number of benzene rings is 1. The van der Waals surface area contributed by atoms with Gasteiger partial charge in [0.2, 0.25) is 11.8 Å². The van der Waals surface area contributed by atoms with E-state index >= 15 is 0 Å². The maximum atomic E-state index is 13.4. The first-order valence-electron chi connectivity index (χ1n) is 10.2. The molecule has 2 rings (SSSR count). The number of hydrogen-bond donors (Lipinski definition) is 0. The third-order valence-electron chi connectivity index (χ3n) is 4.79. The van der Waals surface area contributed by atoms with Crippen molar-refractivity contribution in [2.75, 3.05) is 38.3 Å². The summed E-state index contributed by atoms with van der Waals surface area (Å²) in [6.07, 6.45) is 0.460. The molecule has 1 aromatic heterocycles. The van der Waals surface area contributed by atoms with Crippen molar-refractivity contribution in [2.45, 2.75) is 40.7 Å². The van der Waals surface area contributed by atoms with E-state index in [0.29, 0.717) is 37.7 Å². The van der Waals surface area contributed by atoms with E-state index < -0.39 is 0 Å². The van der Waals surface area contributed by atoms with Gasteiger partial charge >= 0.3 is 0 Å². The number of amides is 1. The lowest BCUT2D eigenvalue weighted by Crippen LogP contribution is -2.35. The molecule has 0 fully saturated rings. The Kier molecular flexibility index (Phi) is 8.64. The average Bonchev–Trinajstić information content (AvgIpc) is 3.09. The van der Waals surface area contributed by atoms with Crippen LogP contribution in [-0.2, 0) is 16.1 Å². The van der Waals surface area contributed by atoms with E-state index in [-0.39, 0.29) is 17.6 Å². The van der Waals surface area contributed by atoms with Gasteiger partial charge in [0.05, 0.1) is 18.7 Å². The first kappa shape index (κ1) is 22.9. The van der Waals surface area contributed by atoms with Crippen molar-refractivity contribution in [3.63, 3.8) is 0 Å². The zero-order chi connectivity index (χ0) is 21.4. The highest BCUT2D eigenvalue weighted by Gasteiger charge is 2.25. The molecule has 1 amide bonds. The highest BCUT2D eigenvalue weighted by molar-refractivity contribution is 5.77. The van der Waals surface area contributed by atoms with Crippen LogP contribution in [0.2, 0.25) is 0 Å². The fourth-order valence-electron chi connectivity index (χ4n) is 3.20. The number of halogens is 1. The molecule has 0 atom stereocenters. The molecular formula is C22H32FN3O3. The second kappa shape index (κ2) is 11.0. The number of methoxy groups -OCH3 is 1. The Balaban J connectivity index is 2.45. The number of ether oxygens (including phenoxy) is 1. The van der Waals surface area contributed by atoms with Crippen molar-refractivity contribution in [3.8, 4) is 11.3 Å². The minimum absolute atomic E-state index is 0.0637. The van der Waals surface area contributed by atoms with E-state index in [1.165, 1.54) is 12.1 Å². The van der Waals surface area contributed by atoms with Gasteiger partial charge in [-0.05, 0) is 44.0 Å². The van der Waals surface area contributed by atoms with Gasteiger partial charge in [-0.3, -0.25) is 4.79 Å². The summed E-state index contributed by atoms with van der Waals surface area (Å²) in [5, 5.41) is 4.28. The molecule has 1 aromatic carbocycles. The Bertz CT molecular complexity index is 770. The smallest absolute Gasteiger partial charge is 0.232 e.